The van der Waals surface area contributed by atoms with Gasteiger partial charge in [-0.2, -0.15) is 0 Å². The van der Waals surface area contributed by atoms with Crippen molar-refractivity contribution in [2.45, 2.75) is 182 Å². The summed E-state index contributed by atoms with van der Waals surface area (Å²) in [5, 5.41) is 34.1. The molecule has 0 aromatic carbocycles. The van der Waals surface area contributed by atoms with Crippen LogP contribution in [0.3, 0.4) is 0 Å². The van der Waals surface area contributed by atoms with Gasteiger partial charge in [-0.25, -0.2) is 4.79 Å². The normalized spacial score (nSPS) is 40.1. The quantitative estimate of drug-likeness (QED) is 0.168. The summed E-state index contributed by atoms with van der Waals surface area (Å²) in [5.74, 6) is -7.50. The first-order valence-corrected chi connectivity index (χ1v) is 20.8. The molecule has 2 bridgehead atoms. The third-order valence-electron chi connectivity index (χ3n) is 12.9. The molecule has 4 aliphatic rings. The van der Waals surface area contributed by atoms with Crippen molar-refractivity contribution in [3.8, 4) is 0 Å². The first-order valence-electron chi connectivity index (χ1n) is 20.8. The van der Waals surface area contributed by atoms with Crippen molar-refractivity contribution in [2.75, 3.05) is 27.9 Å². The van der Waals surface area contributed by atoms with Crippen LogP contribution in [0.1, 0.15) is 127 Å². The van der Waals surface area contributed by atoms with Crippen LogP contribution in [0.25, 0.3) is 0 Å². The van der Waals surface area contributed by atoms with Gasteiger partial charge in [0, 0.05) is 52.0 Å². The number of allylic oxidation sites excluding steroid dienone is 3. The van der Waals surface area contributed by atoms with E-state index >= 15 is 0 Å². The van der Waals surface area contributed by atoms with Crippen LogP contribution in [0.4, 0.5) is 0 Å². The van der Waals surface area contributed by atoms with Crippen molar-refractivity contribution in [3.63, 3.8) is 0 Å². The van der Waals surface area contributed by atoms with Crippen LogP contribution in [0.2, 0.25) is 0 Å². The molecule has 1 amide bonds. The molecule has 2 saturated heterocycles. The van der Waals surface area contributed by atoms with Crippen LogP contribution < -0.4 is 0 Å². The zero-order valence-electron chi connectivity index (χ0n) is 35.1. The van der Waals surface area contributed by atoms with Gasteiger partial charge in [-0.15, -0.1) is 0 Å². The number of amides is 1. The Morgan fingerprint density at radius 3 is 2.16 bits per heavy atom. The molecular weight excluding hydrogens is 746 g/mol. The molecule has 334 valence electrons. The number of esters is 1. The summed E-state index contributed by atoms with van der Waals surface area (Å²) in [6.45, 7) is 11.3. The van der Waals surface area contributed by atoms with Gasteiger partial charge in [0.05, 0.1) is 30.5 Å². The van der Waals surface area contributed by atoms with Crippen molar-refractivity contribution >= 4 is 23.4 Å². The summed E-state index contributed by atoms with van der Waals surface area (Å²) < 4.78 is 29.7. The number of piperidine rings is 1. The number of methoxy groups -OCH3 is 3. The lowest BCUT2D eigenvalue weighted by Gasteiger charge is -2.47. The summed E-state index contributed by atoms with van der Waals surface area (Å²) in [7, 11) is 4.63. The van der Waals surface area contributed by atoms with Gasteiger partial charge in [-0.1, -0.05) is 60.3 Å². The maximum absolute atomic E-state index is 14.3. The number of fused-ring (bicyclic) bond motifs is 3. The maximum atomic E-state index is 14.3. The summed E-state index contributed by atoms with van der Waals surface area (Å²) in [4.78, 5) is 57.6. The van der Waals surface area contributed by atoms with Crippen LogP contribution in [-0.4, -0.2) is 126 Å². The number of hydrogen-bond acceptors (Lipinski definition) is 12. The van der Waals surface area contributed by atoms with Crippen molar-refractivity contribution in [2.24, 2.45) is 29.6 Å². The number of carbonyl (C=O) groups excluding carboxylic acids is 4. The van der Waals surface area contributed by atoms with Gasteiger partial charge in [0.2, 0.25) is 5.79 Å². The predicted octanol–water partition coefficient (Wildman–Crippen LogP) is 5.75. The average molecular weight is 824 g/mol. The van der Waals surface area contributed by atoms with Gasteiger partial charge < -0.3 is 43.9 Å². The van der Waals surface area contributed by atoms with E-state index in [0.717, 1.165) is 5.57 Å². The molecular formula is C45H77NO12. The highest BCUT2D eigenvalue weighted by Crippen LogP contribution is 2.39. The first kappa shape index (κ1) is 51.6. The Morgan fingerprint density at radius 2 is 1.53 bits per heavy atom. The Bertz CT molecular complexity index is 1430. The van der Waals surface area contributed by atoms with Crippen LogP contribution in [-0.2, 0) is 42.9 Å². The fourth-order valence-corrected chi connectivity index (χ4v) is 9.39. The van der Waals surface area contributed by atoms with Gasteiger partial charge in [-0.3, -0.25) is 14.4 Å². The van der Waals surface area contributed by atoms with E-state index in [1.807, 2.05) is 32.9 Å². The Hall–Kier alpha value is -2.52. The molecule has 3 aliphatic heterocycles. The standard InChI is InChI=1S/C43H69NO12.2CH4/c1-10-30-18-24(2)17-25(3)19-36(53-8)39-37(54-9)21-27(5)43(51,56-39)40(48)41(49)44-16-12-11-13-31(44)42(50)55-38(28(6)33(46)23-34(30)47)26(4)20-29-14-15-32(45)35(22-29)52-7;;/h18,20,25,27-33,35-39,45-46,51H,10-17,19,21-23H2,1-9H3;2*1H4/b24-18+,26-20+;;/t25-,27+,28+,29-,30+,31-,32+,33-,35+,36-,37-,38+,39+,43+;;/m0../s1. The molecule has 58 heavy (non-hydrogen) atoms. The van der Waals surface area contributed by atoms with E-state index in [1.165, 1.54) is 19.1 Å². The molecule has 0 aromatic rings. The molecule has 14 atom stereocenters. The zero-order valence-corrected chi connectivity index (χ0v) is 35.1. The second kappa shape index (κ2) is 22.9. The highest BCUT2D eigenvalue weighted by atomic mass is 16.7. The smallest absolute Gasteiger partial charge is 0.329 e. The fourth-order valence-electron chi connectivity index (χ4n) is 9.39. The lowest BCUT2D eigenvalue weighted by atomic mass is 9.81. The van der Waals surface area contributed by atoms with E-state index in [2.05, 4.69) is 6.92 Å². The molecule has 3 N–H and O–H groups in total. The molecule has 1 saturated carbocycles. The lowest BCUT2D eigenvalue weighted by molar-refractivity contribution is -0.302. The lowest BCUT2D eigenvalue weighted by Crippen LogP contribution is -2.64. The van der Waals surface area contributed by atoms with E-state index in [-0.39, 0.29) is 64.4 Å². The van der Waals surface area contributed by atoms with Crippen LogP contribution in [0, 0.1) is 29.6 Å². The van der Waals surface area contributed by atoms with Crippen molar-refractivity contribution < 1.29 is 58.2 Å². The number of Topliss-reactive ketones (excluding diaryl/α,β-unsaturated/α-hetero) is 2. The van der Waals surface area contributed by atoms with E-state index in [1.54, 1.807) is 21.0 Å². The average Bonchev–Trinajstić information content (AvgIpc) is 3.18. The van der Waals surface area contributed by atoms with Crippen molar-refractivity contribution in [3.05, 3.63) is 23.3 Å². The topological polar surface area (TPSA) is 178 Å². The number of ketones is 2. The van der Waals surface area contributed by atoms with E-state index in [4.69, 9.17) is 23.7 Å². The maximum Gasteiger partial charge on any atom is 0.329 e. The minimum Gasteiger partial charge on any atom is -0.456 e. The number of carbonyl (C=O) groups is 4. The number of nitrogens with zero attached hydrogens (tertiary/aromatic N) is 1. The van der Waals surface area contributed by atoms with Gasteiger partial charge in [0.25, 0.3) is 11.7 Å². The van der Waals surface area contributed by atoms with E-state index in [0.29, 0.717) is 56.9 Å². The van der Waals surface area contributed by atoms with Crippen LogP contribution >= 0.6 is 0 Å². The molecule has 13 nitrogen and oxygen atoms in total. The third kappa shape index (κ3) is 12.1. The summed E-state index contributed by atoms with van der Waals surface area (Å²) in [5.41, 5.74) is 1.66. The highest BCUT2D eigenvalue weighted by Gasteiger charge is 2.56. The Kier molecular flexibility index (Phi) is 20.4. The molecule has 1 aliphatic carbocycles. The molecule has 0 spiro atoms. The van der Waals surface area contributed by atoms with Gasteiger partial charge in [0.1, 0.15) is 24.0 Å². The Morgan fingerprint density at radius 1 is 0.897 bits per heavy atom. The number of aliphatic hydroxyl groups excluding tert-OH is 2. The SMILES string of the molecule is C.C.CC[C@@H]1/C=C(\C)C[C@H](C)C[C@H](OC)[C@H]2O[C@@](O)(C(=O)C(=O)N3CCCC[C@H]3C(=O)O[C@H](/C(C)=C/[C@@H]3CC[C@@H](O)[C@H](OC)C3)[C@H](C)[C@@H](O)CC1=O)[C@H](C)C[C@@H]2OC. The molecule has 0 aromatic heterocycles. The minimum absolute atomic E-state index is 0. The third-order valence-corrected chi connectivity index (χ3v) is 12.9. The van der Waals surface area contributed by atoms with Crippen LogP contribution in [0.15, 0.2) is 23.3 Å². The number of aliphatic hydroxyl groups is 3. The van der Waals surface area contributed by atoms with Gasteiger partial charge in [0.15, 0.2) is 0 Å². The van der Waals surface area contributed by atoms with Crippen LogP contribution in [0.5, 0.6) is 0 Å². The van der Waals surface area contributed by atoms with Crippen molar-refractivity contribution in [1.29, 1.82) is 0 Å². The Balaban J connectivity index is 0.00000580. The van der Waals surface area contributed by atoms with Gasteiger partial charge >= 0.3 is 5.97 Å². The van der Waals surface area contributed by atoms with Crippen molar-refractivity contribution in [1.82, 2.24) is 4.90 Å². The van der Waals surface area contributed by atoms with E-state index in [9.17, 15) is 34.5 Å². The van der Waals surface area contributed by atoms with Gasteiger partial charge in [-0.05, 0) is 95.5 Å². The molecule has 0 unspecified atom stereocenters. The Labute approximate surface area is 348 Å². The van der Waals surface area contributed by atoms with E-state index < -0.39 is 83.9 Å². The second-order valence-electron chi connectivity index (χ2n) is 17.2. The predicted molar refractivity (Wildman–Crippen MR) is 222 cm³/mol. The zero-order chi connectivity index (χ0) is 41.5. The molecule has 4 rings (SSSR count). The number of ether oxygens (including phenoxy) is 5. The summed E-state index contributed by atoms with van der Waals surface area (Å²) >= 11 is 0. The number of hydrogen-bond donors (Lipinski definition) is 3. The monoisotopic (exact) mass is 824 g/mol. The molecule has 3 fully saturated rings. The highest BCUT2D eigenvalue weighted by molar-refractivity contribution is 6.39. The molecule has 13 heteroatoms. The fraction of sp³-hybridized carbons (Fsp3) is 0.822. The summed E-state index contributed by atoms with van der Waals surface area (Å²) in [6, 6.07) is -1.13. The second-order valence-corrected chi connectivity index (χ2v) is 17.2. The number of cyclic esters (lactones) is 1. The largest absolute Gasteiger partial charge is 0.456 e. The minimum atomic E-state index is -2.50. The molecule has 3 heterocycles. The summed E-state index contributed by atoms with van der Waals surface area (Å²) in [6.07, 6.45) is 3.72. The first-order chi connectivity index (χ1) is 26.5. The molecule has 0 radical (unpaired) electrons. The number of rotatable bonds is 6.